The van der Waals surface area contributed by atoms with E-state index in [1.165, 1.54) is 57.4 Å². The number of unbranched alkanes of at least 4 members (excludes halogenated alkanes) is 8. The molecule has 0 aliphatic rings. The van der Waals surface area contributed by atoms with Crippen molar-refractivity contribution in [3.05, 3.63) is 73.4 Å². The number of carbonyl (C=O) groups excluding carboxylic acids is 1. The van der Waals surface area contributed by atoms with Gasteiger partial charge in [-0.1, -0.05) is 119 Å². The van der Waals surface area contributed by atoms with Gasteiger partial charge >= 0.3 is 5.97 Å². The van der Waals surface area contributed by atoms with Gasteiger partial charge in [0.15, 0.2) is 0 Å². The minimum atomic E-state index is -0.361. The summed E-state index contributed by atoms with van der Waals surface area (Å²) in [5.74, 6) is -0.361. The standard InChI is InChI=1S/C24H36O2/c1-3-5-6-7-8-9-10-11-12-13-14-15-16-17-18-19-20-21-22-24(25)26-23-4-2/h4,13-22H,2-3,5-12,23H2,1H3. The van der Waals surface area contributed by atoms with Crippen molar-refractivity contribution >= 4 is 5.97 Å². The van der Waals surface area contributed by atoms with Gasteiger partial charge in [0.2, 0.25) is 0 Å². The molecular formula is C24H36O2. The summed E-state index contributed by atoms with van der Waals surface area (Å²) in [5.41, 5.74) is 0. The fourth-order valence-electron chi connectivity index (χ4n) is 2.28. The van der Waals surface area contributed by atoms with Gasteiger partial charge in [0.25, 0.3) is 0 Å². The third kappa shape index (κ3) is 20.0. The third-order valence-electron chi connectivity index (χ3n) is 3.71. The van der Waals surface area contributed by atoms with E-state index in [0.29, 0.717) is 0 Å². The Morgan fingerprint density at radius 2 is 1.31 bits per heavy atom. The Balaban J connectivity index is 3.58. The number of ether oxygens (including phenoxy) is 1. The number of rotatable bonds is 16. The van der Waals surface area contributed by atoms with Crippen LogP contribution in [0.1, 0.15) is 64.7 Å². The monoisotopic (exact) mass is 356 g/mol. The first-order valence-corrected chi connectivity index (χ1v) is 9.92. The first kappa shape index (κ1) is 23.9. The van der Waals surface area contributed by atoms with Crippen molar-refractivity contribution in [3.8, 4) is 0 Å². The van der Waals surface area contributed by atoms with Crippen LogP contribution in [0, 0.1) is 0 Å². The Kier molecular flexibility index (Phi) is 19.3. The predicted molar refractivity (Wildman–Crippen MR) is 114 cm³/mol. The number of hydrogen-bond donors (Lipinski definition) is 0. The highest BCUT2D eigenvalue weighted by Crippen LogP contribution is 2.09. The summed E-state index contributed by atoms with van der Waals surface area (Å²) in [4.78, 5) is 11.1. The molecule has 0 heterocycles. The van der Waals surface area contributed by atoms with Gasteiger partial charge in [0.05, 0.1) is 0 Å². The van der Waals surface area contributed by atoms with E-state index in [-0.39, 0.29) is 12.6 Å². The lowest BCUT2D eigenvalue weighted by Crippen LogP contribution is -1.99. The molecule has 0 atom stereocenters. The first-order valence-electron chi connectivity index (χ1n) is 9.92. The van der Waals surface area contributed by atoms with Gasteiger partial charge in [-0.3, -0.25) is 0 Å². The highest BCUT2D eigenvalue weighted by atomic mass is 16.5. The molecule has 0 aliphatic carbocycles. The van der Waals surface area contributed by atoms with Gasteiger partial charge in [-0.15, -0.1) is 0 Å². The Labute approximate surface area is 160 Å². The van der Waals surface area contributed by atoms with Gasteiger partial charge in [0, 0.05) is 6.08 Å². The van der Waals surface area contributed by atoms with Crippen molar-refractivity contribution < 1.29 is 9.53 Å². The van der Waals surface area contributed by atoms with Crippen molar-refractivity contribution in [3.63, 3.8) is 0 Å². The molecule has 144 valence electrons. The molecule has 0 amide bonds. The van der Waals surface area contributed by atoms with Crippen LogP contribution < -0.4 is 0 Å². The minimum absolute atomic E-state index is 0.240. The highest BCUT2D eigenvalue weighted by Gasteiger charge is 1.91. The molecular weight excluding hydrogens is 320 g/mol. The van der Waals surface area contributed by atoms with Gasteiger partial charge in [-0.05, 0) is 12.8 Å². The number of allylic oxidation sites excluding steroid dienone is 9. The van der Waals surface area contributed by atoms with Crippen LogP contribution in [0.15, 0.2) is 73.4 Å². The molecule has 0 saturated heterocycles. The van der Waals surface area contributed by atoms with E-state index in [9.17, 15) is 4.79 Å². The second kappa shape index (κ2) is 21.0. The summed E-state index contributed by atoms with van der Waals surface area (Å²) >= 11 is 0. The molecule has 0 rings (SSSR count). The van der Waals surface area contributed by atoms with Crippen molar-refractivity contribution in [1.29, 1.82) is 0 Å². The van der Waals surface area contributed by atoms with Crippen molar-refractivity contribution in [2.75, 3.05) is 6.61 Å². The molecule has 0 spiro atoms. The fraction of sp³-hybridized carbons (Fsp3) is 0.458. The number of hydrogen-bond acceptors (Lipinski definition) is 2. The average molecular weight is 357 g/mol. The molecule has 0 fully saturated rings. The first-order chi connectivity index (χ1) is 12.8. The van der Waals surface area contributed by atoms with Gasteiger partial charge < -0.3 is 4.74 Å². The quantitative estimate of drug-likeness (QED) is 0.0975. The second-order valence-electron chi connectivity index (χ2n) is 6.12. The normalized spacial score (nSPS) is 12.3. The Morgan fingerprint density at radius 3 is 1.92 bits per heavy atom. The van der Waals surface area contributed by atoms with Crippen LogP contribution in [0.4, 0.5) is 0 Å². The smallest absolute Gasteiger partial charge is 0.331 e. The lowest BCUT2D eigenvalue weighted by Gasteiger charge is -1.99. The lowest BCUT2D eigenvalue weighted by molar-refractivity contribution is -0.136. The number of carbonyl (C=O) groups is 1. The molecule has 0 bridgehead atoms. The maximum absolute atomic E-state index is 11.1. The SMILES string of the molecule is C=CCOC(=O)C=CC=CC=CC=CC=CCCCCCCCCCC. The van der Waals surface area contributed by atoms with Crippen LogP contribution in [0.3, 0.4) is 0 Å². The van der Waals surface area contributed by atoms with Gasteiger partial charge in [-0.2, -0.15) is 0 Å². The molecule has 26 heavy (non-hydrogen) atoms. The van der Waals surface area contributed by atoms with E-state index in [1.54, 1.807) is 18.2 Å². The molecule has 0 aromatic carbocycles. The van der Waals surface area contributed by atoms with Gasteiger partial charge in [-0.25, -0.2) is 4.79 Å². The van der Waals surface area contributed by atoms with E-state index < -0.39 is 0 Å². The van der Waals surface area contributed by atoms with Gasteiger partial charge in [0.1, 0.15) is 6.61 Å². The zero-order valence-electron chi connectivity index (χ0n) is 16.4. The zero-order chi connectivity index (χ0) is 19.1. The van der Waals surface area contributed by atoms with E-state index in [2.05, 4.69) is 25.7 Å². The maximum atomic E-state index is 11.1. The molecule has 0 aromatic heterocycles. The van der Waals surface area contributed by atoms with Crippen LogP contribution in [-0.2, 0) is 9.53 Å². The van der Waals surface area contributed by atoms with Crippen molar-refractivity contribution in [2.45, 2.75) is 64.7 Å². The molecule has 0 saturated carbocycles. The predicted octanol–water partition coefficient (Wildman–Crippen LogP) is 7.03. The molecule has 0 unspecified atom stereocenters. The topological polar surface area (TPSA) is 26.3 Å². The van der Waals surface area contributed by atoms with Crippen LogP contribution in [-0.4, -0.2) is 12.6 Å². The largest absolute Gasteiger partial charge is 0.458 e. The molecule has 0 aliphatic heterocycles. The van der Waals surface area contributed by atoms with Crippen LogP contribution in [0.5, 0.6) is 0 Å². The summed E-state index contributed by atoms with van der Waals surface area (Å²) in [6, 6.07) is 0. The Morgan fingerprint density at radius 1 is 0.769 bits per heavy atom. The van der Waals surface area contributed by atoms with E-state index in [1.807, 2.05) is 30.4 Å². The summed E-state index contributed by atoms with van der Waals surface area (Å²) in [6.07, 6.45) is 32.6. The summed E-state index contributed by atoms with van der Waals surface area (Å²) in [6.45, 7) is 5.98. The van der Waals surface area contributed by atoms with Crippen molar-refractivity contribution in [2.24, 2.45) is 0 Å². The molecule has 2 heteroatoms. The summed E-state index contributed by atoms with van der Waals surface area (Å²) in [5, 5.41) is 0. The zero-order valence-corrected chi connectivity index (χ0v) is 16.4. The maximum Gasteiger partial charge on any atom is 0.331 e. The van der Waals surface area contributed by atoms with Crippen LogP contribution >= 0.6 is 0 Å². The lowest BCUT2D eigenvalue weighted by atomic mass is 10.1. The molecule has 2 nitrogen and oxygen atoms in total. The fourth-order valence-corrected chi connectivity index (χ4v) is 2.28. The van der Waals surface area contributed by atoms with E-state index in [0.717, 1.165) is 6.42 Å². The summed E-state index contributed by atoms with van der Waals surface area (Å²) < 4.78 is 4.81. The summed E-state index contributed by atoms with van der Waals surface area (Å²) in [7, 11) is 0. The van der Waals surface area contributed by atoms with Crippen LogP contribution in [0.2, 0.25) is 0 Å². The van der Waals surface area contributed by atoms with E-state index >= 15 is 0 Å². The minimum Gasteiger partial charge on any atom is -0.458 e. The second-order valence-corrected chi connectivity index (χ2v) is 6.12. The molecule has 0 N–H and O–H groups in total. The molecule has 0 aromatic rings. The van der Waals surface area contributed by atoms with E-state index in [4.69, 9.17) is 4.74 Å². The van der Waals surface area contributed by atoms with Crippen molar-refractivity contribution in [1.82, 2.24) is 0 Å². The highest BCUT2D eigenvalue weighted by molar-refractivity contribution is 5.82. The Bertz CT molecular complexity index is 478. The third-order valence-corrected chi connectivity index (χ3v) is 3.71. The average Bonchev–Trinajstić information content (AvgIpc) is 2.65. The number of esters is 1. The van der Waals surface area contributed by atoms with Crippen LogP contribution in [0.25, 0.3) is 0 Å². The Hall–Kier alpha value is -2.09. The molecule has 0 radical (unpaired) electrons.